The van der Waals surface area contributed by atoms with Crippen molar-refractivity contribution in [3.63, 3.8) is 0 Å². The summed E-state index contributed by atoms with van der Waals surface area (Å²) in [5, 5.41) is 2.90. The second kappa shape index (κ2) is 12.4. The first-order chi connectivity index (χ1) is 17.7. The predicted octanol–water partition coefficient (Wildman–Crippen LogP) is 4.70. The standard InChI is InChI=1S/C27H31FN2O6S/c1-5-24(19-7-16-25(34-3)26(17-19)35-4)29-27(31)18-30(21-10-8-20(28)9-11-21)37(32,33)23-14-12-22(13-15-23)36-6-2/h7-17,24H,5-6,18H2,1-4H3,(H,29,31). The fraction of sp³-hybridized carbons (Fsp3) is 0.296. The Morgan fingerprint density at radius 2 is 1.59 bits per heavy atom. The van der Waals surface area contributed by atoms with Gasteiger partial charge in [-0.1, -0.05) is 13.0 Å². The number of benzene rings is 3. The van der Waals surface area contributed by atoms with Crippen molar-refractivity contribution in [2.24, 2.45) is 0 Å². The van der Waals surface area contributed by atoms with Crippen LogP contribution in [-0.4, -0.2) is 41.7 Å². The first kappa shape index (κ1) is 27.8. The molecular weight excluding hydrogens is 499 g/mol. The van der Waals surface area contributed by atoms with Gasteiger partial charge in [0.05, 0.1) is 37.5 Å². The molecule has 0 aromatic heterocycles. The van der Waals surface area contributed by atoms with Crippen LogP contribution in [0.5, 0.6) is 17.2 Å². The lowest BCUT2D eigenvalue weighted by Gasteiger charge is -2.26. The van der Waals surface area contributed by atoms with Crippen molar-refractivity contribution in [1.29, 1.82) is 0 Å². The zero-order valence-electron chi connectivity index (χ0n) is 21.2. The minimum Gasteiger partial charge on any atom is -0.494 e. The summed E-state index contributed by atoms with van der Waals surface area (Å²) in [6.07, 6.45) is 0.545. The van der Waals surface area contributed by atoms with Crippen molar-refractivity contribution >= 4 is 21.6 Å². The molecule has 0 aliphatic carbocycles. The Hall–Kier alpha value is -3.79. The second-order valence-corrected chi connectivity index (χ2v) is 9.90. The smallest absolute Gasteiger partial charge is 0.264 e. The summed E-state index contributed by atoms with van der Waals surface area (Å²) in [5.74, 6) is 0.537. The highest BCUT2D eigenvalue weighted by Crippen LogP contribution is 2.31. The maximum Gasteiger partial charge on any atom is 0.264 e. The Morgan fingerprint density at radius 3 is 2.16 bits per heavy atom. The topological polar surface area (TPSA) is 94.2 Å². The maximum absolute atomic E-state index is 13.6. The van der Waals surface area contributed by atoms with Crippen LogP contribution < -0.4 is 23.8 Å². The summed E-state index contributed by atoms with van der Waals surface area (Å²) in [6, 6.07) is 15.7. The molecule has 0 heterocycles. The van der Waals surface area contributed by atoms with Gasteiger partial charge in [0.25, 0.3) is 10.0 Å². The first-order valence-electron chi connectivity index (χ1n) is 11.8. The van der Waals surface area contributed by atoms with Crippen LogP contribution in [0, 0.1) is 5.82 Å². The number of nitrogens with one attached hydrogen (secondary N) is 1. The van der Waals surface area contributed by atoms with Crippen LogP contribution in [0.3, 0.4) is 0 Å². The molecule has 37 heavy (non-hydrogen) atoms. The van der Waals surface area contributed by atoms with E-state index < -0.39 is 34.3 Å². The lowest BCUT2D eigenvalue weighted by atomic mass is 10.0. The highest BCUT2D eigenvalue weighted by molar-refractivity contribution is 7.92. The van der Waals surface area contributed by atoms with E-state index in [-0.39, 0.29) is 10.6 Å². The maximum atomic E-state index is 13.6. The van der Waals surface area contributed by atoms with Crippen molar-refractivity contribution < 1.29 is 31.8 Å². The first-order valence-corrected chi connectivity index (χ1v) is 13.2. The van der Waals surface area contributed by atoms with E-state index in [0.717, 1.165) is 22.0 Å². The molecule has 0 spiro atoms. The summed E-state index contributed by atoms with van der Waals surface area (Å²) in [6.45, 7) is 3.65. The average molecular weight is 531 g/mol. The van der Waals surface area contributed by atoms with Crippen LogP contribution in [0.1, 0.15) is 31.9 Å². The van der Waals surface area contributed by atoms with Gasteiger partial charge in [-0.3, -0.25) is 9.10 Å². The number of rotatable bonds is 12. The lowest BCUT2D eigenvalue weighted by Crippen LogP contribution is -2.42. The molecule has 198 valence electrons. The highest BCUT2D eigenvalue weighted by Gasteiger charge is 2.28. The summed E-state index contributed by atoms with van der Waals surface area (Å²) < 4.78 is 57.7. The van der Waals surface area contributed by atoms with Gasteiger partial charge in [-0.2, -0.15) is 0 Å². The van der Waals surface area contributed by atoms with Crippen LogP contribution in [-0.2, 0) is 14.8 Å². The third kappa shape index (κ3) is 6.71. The van der Waals surface area contributed by atoms with E-state index in [1.165, 1.54) is 38.5 Å². The molecular formula is C27H31FN2O6S. The largest absolute Gasteiger partial charge is 0.494 e. The van der Waals surface area contributed by atoms with Crippen LogP contribution in [0.25, 0.3) is 0 Å². The highest BCUT2D eigenvalue weighted by atomic mass is 32.2. The van der Waals surface area contributed by atoms with Crippen molar-refractivity contribution in [1.82, 2.24) is 5.32 Å². The molecule has 10 heteroatoms. The molecule has 0 saturated carbocycles. The van der Waals surface area contributed by atoms with Gasteiger partial charge in [-0.15, -0.1) is 0 Å². The molecule has 3 rings (SSSR count). The molecule has 1 amide bonds. The summed E-state index contributed by atoms with van der Waals surface area (Å²) >= 11 is 0. The molecule has 1 atom stereocenters. The minimum absolute atomic E-state index is 0.0278. The Bertz CT molecular complexity index is 1300. The van der Waals surface area contributed by atoms with E-state index in [0.29, 0.717) is 30.3 Å². The molecule has 1 N–H and O–H groups in total. The van der Waals surface area contributed by atoms with Crippen molar-refractivity contribution in [3.8, 4) is 17.2 Å². The van der Waals surface area contributed by atoms with Gasteiger partial charge >= 0.3 is 0 Å². The number of sulfonamides is 1. The predicted molar refractivity (Wildman–Crippen MR) is 139 cm³/mol. The molecule has 0 saturated heterocycles. The van der Waals surface area contributed by atoms with Crippen LogP contribution in [0.15, 0.2) is 71.6 Å². The van der Waals surface area contributed by atoms with Gasteiger partial charge < -0.3 is 19.5 Å². The molecule has 0 bridgehead atoms. The molecule has 1 unspecified atom stereocenters. The van der Waals surface area contributed by atoms with Crippen molar-refractivity contribution in [2.75, 3.05) is 31.7 Å². The van der Waals surface area contributed by atoms with Gasteiger partial charge in [-0.25, -0.2) is 12.8 Å². The van der Waals surface area contributed by atoms with Gasteiger partial charge in [0.2, 0.25) is 5.91 Å². The number of hydrogen-bond donors (Lipinski definition) is 1. The molecule has 3 aromatic carbocycles. The van der Waals surface area contributed by atoms with E-state index in [1.807, 2.05) is 19.9 Å². The van der Waals surface area contributed by atoms with Crippen LogP contribution in [0.4, 0.5) is 10.1 Å². The van der Waals surface area contributed by atoms with E-state index in [1.54, 1.807) is 24.3 Å². The molecule has 0 aliphatic heterocycles. The Morgan fingerprint density at radius 1 is 0.946 bits per heavy atom. The quantitative estimate of drug-likeness (QED) is 0.365. The third-order valence-electron chi connectivity index (χ3n) is 5.68. The normalized spacial score (nSPS) is 11.9. The van der Waals surface area contributed by atoms with Gasteiger partial charge in [0.15, 0.2) is 11.5 Å². The number of carbonyl (C=O) groups is 1. The third-order valence-corrected chi connectivity index (χ3v) is 7.47. The summed E-state index contributed by atoms with van der Waals surface area (Å²) in [4.78, 5) is 13.1. The fourth-order valence-electron chi connectivity index (χ4n) is 3.79. The van der Waals surface area contributed by atoms with Crippen molar-refractivity contribution in [3.05, 3.63) is 78.1 Å². The van der Waals surface area contributed by atoms with E-state index in [2.05, 4.69) is 5.32 Å². The number of methoxy groups -OCH3 is 2. The number of amides is 1. The van der Waals surface area contributed by atoms with Gasteiger partial charge in [-0.05, 0) is 79.6 Å². The summed E-state index contributed by atoms with van der Waals surface area (Å²) in [5.41, 5.74) is 0.931. The lowest BCUT2D eigenvalue weighted by molar-refractivity contribution is -0.120. The molecule has 0 radical (unpaired) electrons. The second-order valence-electron chi connectivity index (χ2n) is 8.04. The Kier molecular flexibility index (Phi) is 9.35. The van der Waals surface area contributed by atoms with E-state index in [4.69, 9.17) is 14.2 Å². The number of anilines is 1. The van der Waals surface area contributed by atoms with Gasteiger partial charge in [0, 0.05) is 0 Å². The minimum atomic E-state index is -4.16. The van der Waals surface area contributed by atoms with E-state index in [9.17, 15) is 17.6 Å². The number of nitrogens with zero attached hydrogens (tertiary/aromatic N) is 1. The zero-order valence-corrected chi connectivity index (χ0v) is 22.0. The van der Waals surface area contributed by atoms with Crippen LogP contribution >= 0.6 is 0 Å². The molecule has 3 aromatic rings. The number of carbonyl (C=O) groups excluding carboxylic acids is 1. The SMILES string of the molecule is CCOc1ccc(S(=O)(=O)N(CC(=O)NC(CC)c2ccc(OC)c(OC)c2)c2ccc(F)cc2)cc1. The molecule has 0 aliphatic rings. The van der Waals surface area contributed by atoms with E-state index >= 15 is 0 Å². The Labute approximate surface area is 217 Å². The summed E-state index contributed by atoms with van der Waals surface area (Å²) in [7, 11) is -1.11. The average Bonchev–Trinajstić information content (AvgIpc) is 2.91. The zero-order chi connectivity index (χ0) is 27.0. The van der Waals surface area contributed by atoms with Crippen molar-refractivity contribution in [2.45, 2.75) is 31.2 Å². The fourth-order valence-corrected chi connectivity index (χ4v) is 5.21. The molecule has 0 fully saturated rings. The number of ether oxygens (including phenoxy) is 3. The van der Waals surface area contributed by atoms with Gasteiger partial charge in [0.1, 0.15) is 18.1 Å². The number of hydrogen-bond acceptors (Lipinski definition) is 6. The van der Waals surface area contributed by atoms with Crippen LogP contribution in [0.2, 0.25) is 0 Å². The number of halogens is 1. The Balaban J connectivity index is 1.89. The monoisotopic (exact) mass is 530 g/mol. The molecule has 8 nitrogen and oxygen atoms in total.